The maximum absolute atomic E-state index is 13.9. The monoisotopic (exact) mass is 388 g/mol. The molecule has 4 nitrogen and oxygen atoms in total. The largest absolute Gasteiger partial charge is 0.346 e. The lowest BCUT2D eigenvalue weighted by Gasteiger charge is -2.15. The van der Waals surface area contributed by atoms with Crippen molar-refractivity contribution in [1.29, 1.82) is 0 Å². The van der Waals surface area contributed by atoms with E-state index in [1.807, 2.05) is 32.4 Å². The van der Waals surface area contributed by atoms with Gasteiger partial charge in [0, 0.05) is 53.1 Å². The molecule has 1 unspecified atom stereocenters. The Morgan fingerprint density at radius 3 is 2.73 bits per heavy atom. The number of aromatic amines is 1. The second kappa shape index (κ2) is 6.41. The van der Waals surface area contributed by atoms with Crippen LogP contribution < -0.4 is 0 Å². The standard InChI is InChI=1S/C19H15Cl2FN4/c1-10(17-15(20)3-4-16(22)18(17)21)14-8-24-19-13(14)5-11(6-23-19)12-7-25-26(2)9-12/h3-10H,1-2H3,(H,23,24). The molecule has 0 saturated heterocycles. The maximum Gasteiger partial charge on any atom is 0.142 e. The van der Waals surface area contributed by atoms with Crippen LogP contribution in [0.2, 0.25) is 10.0 Å². The lowest BCUT2D eigenvalue weighted by atomic mass is 9.92. The van der Waals surface area contributed by atoms with Crippen molar-refractivity contribution >= 4 is 34.2 Å². The van der Waals surface area contributed by atoms with E-state index in [9.17, 15) is 4.39 Å². The van der Waals surface area contributed by atoms with Crippen molar-refractivity contribution in [3.63, 3.8) is 0 Å². The van der Waals surface area contributed by atoms with E-state index in [2.05, 4.69) is 15.1 Å². The zero-order valence-electron chi connectivity index (χ0n) is 14.1. The summed E-state index contributed by atoms with van der Waals surface area (Å²) in [5.74, 6) is -0.683. The number of nitrogens with one attached hydrogen (secondary N) is 1. The highest BCUT2D eigenvalue weighted by Crippen LogP contribution is 2.39. The van der Waals surface area contributed by atoms with Gasteiger partial charge in [-0.1, -0.05) is 30.1 Å². The molecule has 132 valence electrons. The van der Waals surface area contributed by atoms with Gasteiger partial charge in [-0.3, -0.25) is 4.68 Å². The predicted octanol–water partition coefficient (Wildman–Crippen LogP) is 5.56. The first kappa shape index (κ1) is 17.1. The third-order valence-corrected chi connectivity index (χ3v) is 5.29. The van der Waals surface area contributed by atoms with Crippen LogP contribution in [-0.2, 0) is 7.05 Å². The van der Waals surface area contributed by atoms with Gasteiger partial charge in [0.25, 0.3) is 0 Å². The van der Waals surface area contributed by atoms with Crippen molar-refractivity contribution in [3.05, 3.63) is 70.0 Å². The average molecular weight is 389 g/mol. The van der Waals surface area contributed by atoms with Gasteiger partial charge in [0.2, 0.25) is 0 Å². The first-order valence-electron chi connectivity index (χ1n) is 8.05. The molecule has 4 rings (SSSR count). The molecule has 0 spiro atoms. The van der Waals surface area contributed by atoms with E-state index in [1.165, 1.54) is 12.1 Å². The molecule has 1 aromatic carbocycles. The quantitative estimate of drug-likeness (QED) is 0.466. The number of fused-ring (bicyclic) bond motifs is 1. The van der Waals surface area contributed by atoms with Gasteiger partial charge < -0.3 is 4.98 Å². The van der Waals surface area contributed by atoms with Gasteiger partial charge in [-0.15, -0.1) is 0 Å². The lowest BCUT2D eigenvalue weighted by molar-refractivity contribution is 0.625. The van der Waals surface area contributed by atoms with Gasteiger partial charge in [-0.2, -0.15) is 5.10 Å². The van der Waals surface area contributed by atoms with Crippen LogP contribution in [0.1, 0.15) is 24.0 Å². The summed E-state index contributed by atoms with van der Waals surface area (Å²) in [4.78, 5) is 7.66. The van der Waals surface area contributed by atoms with Crippen LogP contribution in [0, 0.1) is 5.82 Å². The molecule has 0 aliphatic carbocycles. The number of rotatable bonds is 3. The number of pyridine rings is 1. The number of aromatic nitrogens is 4. The van der Waals surface area contributed by atoms with Gasteiger partial charge >= 0.3 is 0 Å². The number of aryl methyl sites for hydroxylation is 1. The van der Waals surface area contributed by atoms with E-state index in [1.54, 1.807) is 17.1 Å². The molecule has 3 aromatic heterocycles. The van der Waals surface area contributed by atoms with Crippen LogP contribution in [-0.4, -0.2) is 19.7 Å². The van der Waals surface area contributed by atoms with Gasteiger partial charge in [0.05, 0.1) is 11.2 Å². The van der Waals surface area contributed by atoms with Crippen molar-refractivity contribution < 1.29 is 4.39 Å². The summed E-state index contributed by atoms with van der Waals surface area (Å²) < 4.78 is 15.7. The van der Waals surface area contributed by atoms with Crippen LogP contribution in [0.5, 0.6) is 0 Å². The Morgan fingerprint density at radius 2 is 2.00 bits per heavy atom. The Hall–Kier alpha value is -2.37. The average Bonchev–Trinajstić information content (AvgIpc) is 3.24. The smallest absolute Gasteiger partial charge is 0.142 e. The fourth-order valence-corrected chi connectivity index (χ4v) is 3.90. The Labute approximate surface area is 159 Å². The number of benzene rings is 1. The summed E-state index contributed by atoms with van der Waals surface area (Å²) in [5.41, 5.74) is 4.20. The first-order valence-corrected chi connectivity index (χ1v) is 8.80. The molecule has 0 aliphatic heterocycles. The van der Waals surface area contributed by atoms with Crippen molar-refractivity contribution in [2.75, 3.05) is 0 Å². The fraction of sp³-hybridized carbons (Fsp3) is 0.158. The summed E-state index contributed by atoms with van der Waals surface area (Å²) in [7, 11) is 1.87. The number of halogens is 3. The van der Waals surface area contributed by atoms with E-state index in [-0.39, 0.29) is 10.9 Å². The Balaban J connectivity index is 1.86. The van der Waals surface area contributed by atoms with Gasteiger partial charge in [0.15, 0.2) is 0 Å². The first-order chi connectivity index (χ1) is 12.5. The molecule has 4 aromatic rings. The molecule has 3 heterocycles. The topological polar surface area (TPSA) is 46.5 Å². The minimum absolute atomic E-state index is 0.0516. The predicted molar refractivity (Wildman–Crippen MR) is 102 cm³/mol. The molecule has 1 N–H and O–H groups in total. The molecule has 0 bridgehead atoms. The summed E-state index contributed by atoms with van der Waals surface area (Å²) in [6.07, 6.45) is 7.39. The zero-order chi connectivity index (χ0) is 18.4. The third-order valence-electron chi connectivity index (χ3n) is 4.58. The van der Waals surface area contributed by atoms with Crippen molar-refractivity contribution in [3.8, 4) is 11.1 Å². The van der Waals surface area contributed by atoms with Gasteiger partial charge in [-0.25, -0.2) is 9.37 Å². The molecule has 0 aliphatic rings. The van der Waals surface area contributed by atoms with Crippen molar-refractivity contribution in [2.24, 2.45) is 7.05 Å². The van der Waals surface area contributed by atoms with Crippen LogP contribution in [0.25, 0.3) is 22.2 Å². The highest BCUT2D eigenvalue weighted by Gasteiger charge is 2.21. The molecular weight excluding hydrogens is 374 g/mol. The SMILES string of the molecule is CC(c1c(Cl)ccc(F)c1Cl)c1c[nH]c2ncc(-c3cnn(C)c3)cc12. The molecular formula is C19H15Cl2FN4. The van der Waals surface area contributed by atoms with Gasteiger partial charge in [0.1, 0.15) is 11.5 Å². The molecule has 0 fully saturated rings. The highest BCUT2D eigenvalue weighted by molar-refractivity contribution is 6.36. The number of hydrogen-bond acceptors (Lipinski definition) is 2. The Kier molecular flexibility index (Phi) is 4.21. The van der Waals surface area contributed by atoms with E-state index in [4.69, 9.17) is 23.2 Å². The van der Waals surface area contributed by atoms with Crippen molar-refractivity contribution in [1.82, 2.24) is 19.7 Å². The second-order valence-corrected chi connectivity index (χ2v) is 7.03. The molecule has 0 saturated carbocycles. The van der Waals surface area contributed by atoms with Crippen LogP contribution >= 0.6 is 23.2 Å². The van der Waals surface area contributed by atoms with Crippen LogP contribution in [0.3, 0.4) is 0 Å². The van der Waals surface area contributed by atoms with Gasteiger partial charge in [-0.05, 0) is 29.3 Å². The number of hydrogen-bond donors (Lipinski definition) is 1. The van der Waals surface area contributed by atoms with E-state index < -0.39 is 5.82 Å². The summed E-state index contributed by atoms with van der Waals surface area (Å²) >= 11 is 12.5. The Bertz CT molecular complexity index is 1120. The normalized spacial score (nSPS) is 12.7. The molecule has 1 atom stereocenters. The van der Waals surface area contributed by atoms with E-state index >= 15 is 0 Å². The summed E-state index contributed by atoms with van der Waals surface area (Å²) in [6.45, 7) is 1.95. The second-order valence-electron chi connectivity index (χ2n) is 6.25. The fourth-order valence-electron chi connectivity index (χ4n) is 3.21. The van der Waals surface area contributed by atoms with Crippen LogP contribution in [0.4, 0.5) is 4.39 Å². The highest BCUT2D eigenvalue weighted by atomic mass is 35.5. The minimum Gasteiger partial charge on any atom is -0.346 e. The van der Waals surface area contributed by atoms with E-state index in [0.29, 0.717) is 10.6 Å². The molecule has 0 radical (unpaired) electrons. The summed E-state index contributed by atoms with van der Waals surface area (Å²) in [5, 5.41) is 5.63. The third kappa shape index (κ3) is 2.77. The summed E-state index contributed by atoms with van der Waals surface area (Å²) in [6, 6.07) is 4.85. The number of nitrogens with zero attached hydrogens (tertiary/aromatic N) is 3. The maximum atomic E-state index is 13.9. The minimum atomic E-state index is -0.480. The molecule has 26 heavy (non-hydrogen) atoms. The lowest BCUT2D eigenvalue weighted by Crippen LogP contribution is -1.99. The zero-order valence-corrected chi connectivity index (χ0v) is 15.6. The van der Waals surface area contributed by atoms with Crippen LogP contribution in [0.15, 0.2) is 43.0 Å². The van der Waals surface area contributed by atoms with E-state index in [0.717, 1.165) is 27.7 Å². The Morgan fingerprint density at radius 1 is 1.19 bits per heavy atom. The van der Waals surface area contributed by atoms with Crippen molar-refractivity contribution in [2.45, 2.75) is 12.8 Å². The molecule has 0 amide bonds. The molecule has 7 heteroatoms. The number of H-pyrrole nitrogens is 1.